The molecule has 0 radical (unpaired) electrons. The van der Waals surface area contributed by atoms with Gasteiger partial charge in [0, 0.05) is 25.3 Å². The number of nitrogens with one attached hydrogen (secondary N) is 1. The summed E-state index contributed by atoms with van der Waals surface area (Å²) in [5.74, 6) is 0.341. The van der Waals surface area contributed by atoms with Crippen LogP contribution in [0.2, 0.25) is 0 Å². The first-order valence-electron chi connectivity index (χ1n) is 9.47. The second-order valence-electron chi connectivity index (χ2n) is 7.47. The molecule has 4 nitrogen and oxygen atoms in total. The normalized spacial score (nSPS) is 23.8. The molecule has 4 heteroatoms. The van der Waals surface area contributed by atoms with Gasteiger partial charge in [0.05, 0.1) is 12.0 Å². The van der Waals surface area contributed by atoms with Crippen LogP contribution in [-0.2, 0) is 4.79 Å². The molecule has 2 heterocycles. The fourth-order valence-corrected chi connectivity index (χ4v) is 3.92. The zero-order valence-corrected chi connectivity index (χ0v) is 15.1. The molecule has 3 rings (SSSR count). The molecule has 1 aromatic rings. The summed E-state index contributed by atoms with van der Waals surface area (Å²) in [6.45, 7) is 6.41. The number of piperidine rings is 2. The van der Waals surface area contributed by atoms with E-state index in [1.54, 1.807) is 0 Å². The van der Waals surface area contributed by atoms with E-state index in [0.717, 1.165) is 25.9 Å². The first kappa shape index (κ1) is 17.3. The van der Waals surface area contributed by atoms with Gasteiger partial charge in [-0.1, -0.05) is 12.1 Å². The largest absolute Gasteiger partial charge is 0.372 e. The van der Waals surface area contributed by atoms with Crippen LogP contribution in [-0.4, -0.2) is 44.0 Å². The van der Waals surface area contributed by atoms with Gasteiger partial charge < -0.3 is 15.1 Å². The first-order valence-corrected chi connectivity index (χ1v) is 9.47. The summed E-state index contributed by atoms with van der Waals surface area (Å²) in [6, 6.07) is 8.82. The van der Waals surface area contributed by atoms with E-state index in [2.05, 4.69) is 53.4 Å². The summed E-state index contributed by atoms with van der Waals surface area (Å²) in [5.41, 5.74) is 2.50. The fraction of sp³-hybridized carbons (Fsp3) is 0.650. The maximum atomic E-state index is 12.5. The fourth-order valence-electron chi connectivity index (χ4n) is 3.92. The zero-order valence-electron chi connectivity index (χ0n) is 15.1. The van der Waals surface area contributed by atoms with E-state index in [1.165, 1.54) is 43.6 Å². The van der Waals surface area contributed by atoms with Gasteiger partial charge in [0.15, 0.2) is 0 Å². The lowest BCUT2D eigenvalue weighted by Gasteiger charge is -2.30. The van der Waals surface area contributed by atoms with Crippen LogP contribution in [0.4, 0.5) is 5.69 Å². The highest BCUT2D eigenvalue weighted by atomic mass is 16.2. The van der Waals surface area contributed by atoms with Crippen molar-refractivity contribution in [3.05, 3.63) is 29.8 Å². The number of hydrogen-bond acceptors (Lipinski definition) is 3. The summed E-state index contributed by atoms with van der Waals surface area (Å²) in [5, 5.41) is 3.21. The van der Waals surface area contributed by atoms with Gasteiger partial charge in [-0.05, 0) is 70.3 Å². The number of rotatable bonds is 4. The molecule has 0 aliphatic carbocycles. The number of benzene rings is 1. The molecular weight excluding hydrogens is 298 g/mol. The van der Waals surface area contributed by atoms with E-state index in [0.29, 0.717) is 0 Å². The van der Waals surface area contributed by atoms with Crippen molar-refractivity contribution in [3.8, 4) is 0 Å². The van der Waals surface area contributed by atoms with Crippen LogP contribution in [0.25, 0.3) is 0 Å². The van der Waals surface area contributed by atoms with Gasteiger partial charge in [-0.2, -0.15) is 0 Å². The maximum Gasteiger partial charge on any atom is 0.224 e. The predicted molar refractivity (Wildman–Crippen MR) is 99.3 cm³/mol. The molecule has 1 aromatic carbocycles. The molecule has 0 aromatic heterocycles. The maximum absolute atomic E-state index is 12.5. The van der Waals surface area contributed by atoms with Crippen LogP contribution in [0, 0.1) is 5.92 Å². The Hall–Kier alpha value is -1.55. The molecule has 2 fully saturated rings. The molecule has 2 saturated heterocycles. The molecule has 0 spiro atoms. The Morgan fingerprint density at radius 3 is 2.46 bits per heavy atom. The van der Waals surface area contributed by atoms with Crippen molar-refractivity contribution in [2.24, 2.45) is 5.92 Å². The van der Waals surface area contributed by atoms with Gasteiger partial charge >= 0.3 is 0 Å². The van der Waals surface area contributed by atoms with E-state index in [1.807, 2.05) is 0 Å². The minimum absolute atomic E-state index is 0.0696. The molecule has 2 aliphatic heterocycles. The summed E-state index contributed by atoms with van der Waals surface area (Å²) in [6.07, 6.45) is 6.08. The lowest BCUT2D eigenvalue weighted by molar-refractivity contribution is -0.127. The Morgan fingerprint density at radius 1 is 1.08 bits per heavy atom. The van der Waals surface area contributed by atoms with E-state index >= 15 is 0 Å². The van der Waals surface area contributed by atoms with Gasteiger partial charge in [-0.15, -0.1) is 0 Å². The molecular formula is C20H31N3O. The van der Waals surface area contributed by atoms with Crippen molar-refractivity contribution in [1.82, 2.24) is 10.2 Å². The van der Waals surface area contributed by atoms with Crippen LogP contribution in [0.15, 0.2) is 24.3 Å². The molecule has 24 heavy (non-hydrogen) atoms. The molecule has 132 valence electrons. The monoisotopic (exact) mass is 329 g/mol. The summed E-state index contributed by atoms with van der Waals surface area (Å²) in [4.78, 5) is 17.2. The number of carbonyl (C=O) groups excluding carboxylic acids is 1. The lowest BCUT2D eigenvalue weighted by Crippen LogP contribution is -2.42. The van der Waals surface area contributed by atoms with Gasteiger partial charge in [-0.25, -0.2) is 0 Å². The van der Waals surface area contributed by atoms with Crippen molar-refractivity contribution in [1.29, 1.82) is 0 Å². The minimum atomic E-state index is 0.0696. The zero-order chi connectivity index (χ0) is 16.9. The summed E-state index contributed by atoms with van der Waals surface area (Å²) in [7, 11) is 2.10. The molecule has 1 amide bonds. The smallest absolute Gasteiger partial charge is 0.224 e. The second-order valence-corrected chi connectivity index (χ2v) is 7.47. The Bertz CT molecular complexity index is 536. The summed E-state index contributed by atoms with van der Waals surface area (Å²) < 4.78 is 0. The van der Waals surface area contributed by atoms with Crippen molar-refractivity contribution in [3.63, 3.8) is 0 Å². The van der Waals surface area contributed by atoms with E-state index in [-0.39, 0.29) is 17.9 Å². The predicted octanol–water partition coefficient (Wildman–Crippen LogP) is 3.20. The number of amides is 1. The SMILES string of the molecule is C[C@@H](NC(=O)[C@H]1CCCN(C)C1)c1ccc(N2CCCCC2)cc1. The van der Waals surface area contributed by atoms with Gasteiger partial charge in [0.25, 0.3) is 0 Å². The van der Waals surface area contributed by atoms with Gasteiger partial charge in [-0.3, -0.25) is 4.79 Å². The van der Waals surface area contributed by atoms with Crippen molar-refractivity contribution in [2.45, 2.75) is 45.1 Å². The summed E-state index contributed by atoms with van der Waals surface area (Å²) >= 11 is 0. The third kappa shape index (κ3) is 4.29. The highest BCUT2D eigenvalue weighted by molar-refractivity contribution is 5.79. The van der Waals surface area contributed by atoms with Crippen LogP contribution in [0.3, 0.4) is 0 Å². The first-order chi connectivity index (χ1) is 11.6. The van der Waals surface area contributed by atoms with Crippen LogP contribution >= 0.6 is 0 Å². The molecule has 2 aliphatic rings. The third-order valence-corrected chi connectivity index (χ3v) is 5.47. The Labute approximate surface area is 146 Å². The Kier molecular flexibility index (Phi) is 5.77. The second kappa shape index (κ2) is 8.02. The third-order valence-electron chi connectivity index (χ3n) is 5.47. The van der Waals surface area contributed by atoms with E-state index in [4.69, 9.17) is 0 Å². The number of hydrogen-bond donors (Lipinski definition) is 1. The highest BCUT2D eigenvalue weighted by Gasteiger charge is 2.25. The molecule has 0 bridgehead atoms. The highest BCUT2D eigenvalue weighted by Crippen LogP contribution is 2.23. The van der Waals surface area contributed by atoms with Crippen LogP contribution in [0.1, 0.15) is 50.6 Å². The molecule has 0 unspecified atom stereocenters. The number of carbonyl (C=O) groups is 1. The van der Waals surface area contributed by atoms with Gasteiger partial charge in [0.2, 0.25) is 5.91 Å². The molecule has 2 atom stereocenters. The van der Waals surface area contributed by atoms with E-state index < -0.39 is 0 Å². The minimum Gasteiger partial charge on any atom is -0.372 e. The average molecular weight is 329 g/mol. The number of nitrogens with zero attached hydrogens (tertiary/aromatic N) is 2. The topological polar surface area (TPSA) is 35.6 Å². The lowest BCUT2D eigenvalue weighted by atomic mass is 9.96. The van der Waals surface area contributed by atoms with Crippen LogP contribution in [0.5, 0.6) is 0 Å². The van der Waals surface area contributed by atoms with Crippen LogP contribution < -0.4 is 10.2 Å². The quantitative estimate of drug-likeness (QED) is 0.921. The van der Waals surface area contributed by atoms with Gasteiger partial charge in [0.1, 0.15) is 0 Å². The molecule has 1 N–H and O–H groups in total. The van der Waals surface area contributed by atoms with Crippen molar-refractivity contribution < 1.29 is 4.79 Å². The van der Waals surface area contributed by atoms with E-state index in [9.17, 15) is 4.79 Å². The number of likely N-dealkylation sites (tertiary alicyclic amines) is 1. The standard InChI is InChI=1S/C20H31N3O/c1-16(21-20(24)18-7-6-12-22(2)15-18)17-8-10-19(11-9-17)23-13-4-3-5-14-23/h8-11,16,18H,3-7,12-15H2,1-2H3,(H,21,24)/t16-,18+/m1/s1. The number of anilines is 1. The molecule has 0 saturated carbocycles. The average Bonchev–Trinajstić information content (AvgIpc) is 2.62. The Balaban J connectivity index is 1.56. The van der Waals surface area contributed by atoms with Crippen molar-refractivity contribution >= 4 is 11.6 Å². The Morgan fingerprint density at radius 2 is 1.79 bits per heavy atom. The van der Waals surface area contributed by atoms with Crippen molar-refractivity contribution in [2.75, 3.05) is 38.1 Å².